The lowest BCUT2D eigenvalue weighted by molar-refractivity contribution is 1.01. The van der Waals surface area contributed by atoms with Crippen molar-refractivity contribution in [2.75, 3.05) is 0 Å². The molecule has 11 aromatic rings. The lowest BCUT2D eigenvalue weighted by atomic mass is 10.0. The second-order valence-corrected chi connectivity index (χ2v) is 13.4. The molecule has 52 heavy (non-hydrogen) atoms. The van der Waals surface area contributed by atoms with Crippen molar-refractivity contribution in [1.29, 1.82) is 0 Å². The predicted molar refractivity (Wildman–Crippen MR) is 217 cm³/mol. The molecular weight excluding hydrogens is 633 g/mol. The van der Waals surface area contributed by atoms with E-state index in [2.05, 4.69) is 191 Å². The van der Waals surface area contributed by atoms with E-state index >= 15 is 0 Å². The predicted octanol–water partition coefficient (Wildman–Crippen LogP) is 12.3. The molecule has 8 aromatic carbocycles. The normalized spacial score (nSPS) is 11.8. The summed E-state index contributed by atoms with van der Waals surface area (Å²) >= 11 is 0. The van der Waals surface area contributed by atoms with Crippen LogP contribution >= 0.6 is 0 Å². The average molecular weight is 663 g/mol. The van der Waals surface area contributed by atoms with Crippen LogP contribution in [-0.2, 0) is 0 Å². The Bertz CT molecular complexity index is 3160. The van der Waals surface area contributed by atoms with E-state index in [-0.39, 0.29) is 0 Å². The molecule has 0 radical (unpaired) electrons. The number of nitrogens with zero attached hydrogens (tertiary/aromatic N) is 4. The van der Waals surface area contributed by atoms with Gasteiger partial charge < -0.3 is 4.57 Å². The Kier molecular flexibility index (Phi) is 6.22. The molecule has 0 aliphatic carbocycles. The molecule has 0 amide bonds. The second kappa shape index (κ2) is 11.2. The van der Waals surface area contributed by atoms with E-state index in [0.29, 0.717) is 5.95 Å². The highest BCUT2D eigenvalue weighted by atomic mass is 15.2. The van der Waals surface area contributed by atoms with Crippen molar-refractivity contribution in [3.63, 3.8) is 0 Å². The first-order chi connectivity index (χ1) is 25.8. The molecule has 0 aliphatic rings. The molecule has 0 fully saturated rings. The summed E-state index contributed by atoms with van der Waals surface area (Å²) in [5.74, 6) is 0.655. The van der Waals surface area contributed by atoms with E-state index in [1.807, 2.05) is 0 Å². The number of fused-ring (bicyclic) bond motifs is 10. The van der Waals surface area contributed by atoms with Gasteiger partial charge in [-0.05, 0) is 64.4 Å². The third kappa shape index (κ3) is 4.21. The van der Waals surface area contributed by atoms with Crippen molar-refractivity contribution < 1.29 is 0 Å². The van der Waals surface area contributed by atoms with Crippen LogP contribution in [0.5, 0.6) is 0 Å². The van der Waals surface area contributed by atoms with Crippen molar-refractivity contribution in [2.24, 2.45) is 0 Å². The van der Waals surface area contributed by atoms with E-state index < -0.39 is 0 Å². The molecule has 0 spiro atoms. The fourth-order valence-corrected chi connectivity index (χ4v) is 8.23. The van der Waals surface area contributed by atoms with Gasteiger partial charge in [0.15, 0.2) is 0 Å². The van der Waals surface area contributed by atoms with Crippen LogP contribution < -0.4 is 0 Å². The van der Waals surface area contributed by atoms with Gasteiger partial charge in [0.1, 0.15) is 0 Å². The first-order valence-electron chi connectivity index (χ1n) is 17.7. The van der Waals surface area contributed by atoms with Crippen molar-refractivity contribution >= 4 is 65.3 Å². The summed E-state index contributed by atoms with van der Waals surface area (Å²) in [6.07, 6.45) is 0. The number of rotatable bonds is 4. The molecule has 0 unspecified atom stereocenters. The molecule has 0 aliphatic heterocycles. The molecule has 3 aromatic heterocycles. The van der Waals surface area contributed by atoms with Crippen LogP contribution in [0.15, 0.2) is 182 Å². The van der Waals surface area contributed by atoms with Crippen molar-refractivity contribution in [3.8, 4) is 34.0 Å². The van der Waals surface area contributed by atoms with Gasteiger partial charge in [-0.2, -0.15) is 0 Å². The highest BCUT2D eigenvalue weighted by Gasteiger charge is 2.23. The Balaban J connectivity index is 1.25. The summed E-state index contributed by atoms with van der Waals surface area (Å²) in [6.45, 7) is 0. The van der Waals surface area contributed by atoms with Crippen molar-refractivity contribution in [3.05, 3.63) is 182 Å². The molecule has 0 saturated carbocycles. The summed E-state index contributed by atoms with van der Waals surface area (Å²) in [5, 5.41) is 8.31. The SMILES string of the molecule is c1ccc(-c2ccc(-c3nc(-n4c5ccc6ccccc6c5c5c6c7ccccc7n(-c7ccccc7)c6ccc54)nc4ccccc34)cc2)cc1. The number of aromatic nitrogens is 4. The molecule has 0 saturated heterocycles. The van der Waals surface area contributed by atoms with Gasteiger partial charge in [0.05, 0.1) is 33.3 Å². The third-order valence-corrected chi connectivity index (χ3v) is 10.5. The molecule has 242 valence electrons. The Morgan fingerprint density at radius 1 is 0.327 bits per heavy atom. The van der Waals surface area contributed by atoms with Crippen LogP contribution in [0.3, 0.4) is 0 Å². The monoisotopic (exact) mass is 662 g/mol. The highest BCUT2D eigenvalue weighted by molar-refractivity contribution is 6.33. The molecule has 4 nitrogen and oxygen atoms in total. The second-order valence-electron chi connectivity index (χ2n) is 13.4. The van der Waals surface area contributed by atoms with Gasteiger partial charge in [0.2, 0.25) is 5.95 Å². The van der Waals surface area contributed by atoms with Gasteiger partial charge in [-0.1, -0.05) is 140 Å². The fourth-order valence-electron chi connectivity index (χ4n) is 8.23. The number of hydrogen-bond donors (Lipinski definition) is 0. The molecule has 11 rings (SSSR count). The minimum Gasteiger partial charge on any atom is -0.309 e. The topological polar surface area (TPSA) is 35.6 Å². The molecule has 3 heterocycles. The Morgan fingerprint density at radius 3 is 1.69 bits per heavy atom. The standard InChI is InChI=1S/C48H30N4/c1-3-13-31(14-4-1)32-23-25-34(26-24-32)47-37-19-9-11-21-39(37)49-48(50-47)52-42-28-27-33-15-7-8-18-36(33)44(42)46-43(52)30-29-41-45(46)38-20-10-12-22-40(38)51(41)35-16-5-2-6-17-35/h1-30H. The van der Waals surface area contributed by atoms with Crippen LogP contribution in [0.4, 0.5) is 0 Å². The van der Waals surface area contributed by atoms with Crippen LogP contribution in [0.25, 0.3) is 99.3 Å². The van der Waals surface area contributed by atoms with Gasteiger partial charge in [-0.25, -0.2) is 9.97 Å². The first kappa shape index (κ1) is 28.8. The van der Waals surface area contributed by atoms with Gasteiger partial charge in [0, 0.05) is 38.2 Å². The number of para-hydroxylation sites is 3. The quantitative estimate of drug-likeness (QED) is 0.188. The largest absolute Gasteiger partial charge is 0.309 e. The summed E-state index contributed by atoms with van der Waals surface area (Å²) in [7, 11) is 0. The minimum atomic E-state index is 0.655. The molecule has 0 atom stereocenters. The summed E-state index contributed by atoms with van der Waals surface area (Å²) in [6, 6.07) is 64.7. The van der Waals surface area contributed by atoms with E-state index in [4.69, 9.17) is 9.97 Å². The Hall–Kier alpha value is -7.04. The fraction of sp³-hybridized carbons (Fsp3) is 0. The Labute approximate surface area is 299 Å². The highest BCUT2D eigenvalue weighted by Crippen LogP contribution is 2.44. The number of hydrogen-bond acceptors (Lipinski definition) is 2. The molecule has 0 N–H and O–H groups in total. The maximum absolute atomic E-state index is 5.44. The zero-order valence-electron chi connectivity index (χ0n) is 28.1. The molecular formula is C48H30N4. The smallest absolute Gasteiger partial charge is 0.235 e. The molecule has 4 heteroatoms. The number of benzene rings is 8. The van der Waals surface area contributed by atoms with Gasteiger partial charge >= 0.3 is 0 Å². The van der Waals surface area contributed by atoms with Crippen LogP contribution in [0.2, 0.25) is 0 Å². The first-order valence-corrected chi connectivity index (χ1v) is 17.7. The van der Waals surface area contributed by atoms with Crippen LogP contribution in [0.1, 0.15) is 0 Å². The Morgan fingerprint density at radius 2 is 0.885 bits per heavy atom. The van der Waals surface area contributed by atoms with Crippen LogP contribution in [-0.4, -0.2) is 19.1 Å². The summed E-state index contributed by atoms with van der Waals surface area (Å²) in [4.78, 5) is 10.7. The van der Waals surface area contributed by atoms with Gasteiger partial charge in [0.25, 0.3) is 0 Å². The summed E-state index contributed by atoms with van der Waals surface area (Å²) in [5.41, 5.74) is 10.9. The summed E-state index contributed by atoms with van der Waals surface area (Å²) < 4.78 is 4.67. The van der Waals surface area contributed by atoms with E-state index in [9.17, 15) is 0 Å². The molecule has 0 bridgehead atoms. The maximum atomic E-state index is 5.44. The van der Waals surface area contributed by atoms with E-state index in [0.717, 1.165) is 38.9 Å². The van der Waals surface area contributed by atoms with Gasteiger partial charge in [-0.3, -0.25) is 4.57 Å². The maximum Gasteiger partial charge on any atom is 0.235 e. The zero-order valence-corrected chi connectivity index (χ0v) is 28.1. The lowest BCUT2D eigenvalue weighted by Crippen LogP contribution is -2.03. The zero-order chi connectivity index (χ0) is 34.2. The van der Waals surface area contributed by atoms with Crippen molar-refractivity contribution in [2.45, 2.75) is 0 Å². The van der Waals surface area contributed by atoms with E-state index in [1.54, 1.807) is 0 Å². The van der Waals surface area contributed by atoms with Gasteiger partial charge in [-0.15, -0.1) is 0 Å². The lowest BCUT2D eigenvalue weighted by Gasteiger charge is -2.12. The minimum absolute atomic E-state index is 0.655. The van der Waals surface area contributed by atoms with Crippen molar-refractivity contribution in [1.82, 2.24) is 19.1 Å². The average Bonchev–Trinajstić information content (AvgIpc) is 3.74. The van der Waals surface area contributed by atoms with E-state index in [1.165, 1.54) is 54.5 Å². The van der Waals surface area contributed by atoms with Crippen LogP contribution in [0, 0.1) is 0 Å². The third-order valence-electron chi connectivity index (χ3n) is 10.5.